The third-order valence-corrected chi connectivity index (χ3v) is 3.29. The van der Waals surface area contributed by atoms with Gasteiger partial charge >= 0.3 is 6.18 Å². The fourth-order valence-electron chi connectivity index (χ4n) is 1.58. The van der Waals surface area contributed by atoms with Crippen molar-refractivity contribution in [2.75, 3.05) is 7.11 Å². The zero-order chi connectivity index (χ0) is 14.0. The van der Waals surface area contributed by atoms with E-state index in [1.807, 2.05) is 0 Å². The van der Waals surface area contributed by atoms with E-state index < -0.39 is 17.6 Å². The second-order valence-electron chi connectivity index (χ2n) is 3.76. The molecule has 102 valence electrons. The van der Waals surface area contributed by atoms with Gasteiger partial charge in [0, 0.05) is 18.1 Å². The standard InChI is InChI=1S/C12H9F4NOS/c1-18-5-8-6-19-11(17-8)9-3-2-7(13)4-10(9)12(14,15)16/h2-4,6H,5H2,1H3. The third kappa shape index (κ3) is 3.10. The van der Waals surface area contributed by atoms with Crippen molar-refractivity contribution in [3.63, 3.8) is 0 Å². The van der Waals surface area contributed by atoms with Crippen LogP contribution in [0, 0.1) is 5.82 Å². The summed E-state index contributed by atoms with van der Waals surface area (Å²) in [5.41, 5.74) is -0.605. The molecule has 0 aliphatic heterocycles. The van der Waals surface area contributed by atoms with Crippen molar-refractivity contribution in [1.82, 2.24) is 4.98 Å². The number of hydrogen-bond donors (Lipinski definition) is 0. The SMILES string of the molecule is COCc1csc(-c2ccc(F)cc2C(F)(F)F)n1. The summed E-state index contributed by atoms with van der Waals surface area (Å²) in [4.78, 5) is 4.05. The van der Waals surface area contributed by atoms with Gasteiger partial charge in [-0.25, -0.2) is 9.37 Å². The van der Waals surface area contributed by atoms with Crippen LogP contribution < -0.4 is 0 Å². The molecule has 1 heterocycles. The number of nitrogens with zero attached hydrogens (tertiary/aromatic N) is 1. The first-order valence-corrected chi connectivity index (χ1v) is 6.10. The van der Waals surface area contributed by atoms with Gasteiger partial charge in [-0.3, -0.25) is 0 Å². The Hall–Kier alpha value is -1.47. The van der Waals surface area contributed by atoms with Gasteiger partial charge in [0.25, 0.3) is 0 Å². The summed E-state index contributed by atoms with van der Waals surface area (Å²) in [6.45, 7) is 0.221. The lowest BCUT2D eigenvalue weighted by Crippen LogP contribution is -2.07. The number of benzene rings is 1. The maximum atomic E-state index is 13.0. The van der Waals surface area contributed by atoms with Crippen molar-refractivity contribution in [1.29, 1.82) is 0 Å². The van der Waals surface area contributed by atoms with E-state index in [9.17, 15) is 17.6 Å². The lowest BCUT2D eigenvalue weighted by Gasteiger charge is -2.11. The Balaban J connectivity index is 2.48. The van der Waals surface area contributed by atoms with Crippen LogP contribution in [-0.4, -0.2) is 12.1 Å². The van der Waals surface area contributed by atoms with Gasteiger partial charge in [0.2, 0.25) is 0 Å². The Kier molecular flexibility index (Phi) is 3.86. The molecule has 0 aliphatic rings. The molecular formula is C12H9F4NOS. The van der Waals surface area contributed by atoms with Gasteiger partial charge in [0.05, 0.1) is 17.9 Å². The van der Waals surface area contributed by atoms with Gasteiger partial charge in [0.1, 0.15) is 10.8 Å². The molecule has 0 saturated carbocycles. The van der Waals surface area contributed by atoms with Crippen LogP contribution in [0.2, 0.25) is 0 Å². The van der Waals surface area contributed by atoms with Gasteiger partial charge in [-0.2, -0.15) is 13.2 Å². The lowest BCUT2D eigenvalue weighted by atomic mass is 10.1. The highest BCUT2D eigenvalue weighted by Gasteiger charge is 2.34. The fourth-order valence-corrected chi connectivity index (χ4v) is 2.43. The Bertz CT molecular complexity index is 579. The zero-order valence-electron chi connectivity index (χ0n) is 9.79. The van der Waals surface area contributed by atoms with Crippen molar-refractivity contribution in [3.8, 4) is 10.6 Å². The summed E-state index contributed by atoms with van der Waals surface area (Å²) in [6, 6.07) is 2.56. The van der Waals surface area contributed by atoms with E-state index in [4.69, 9.17) is 4.74 Å². The van der Waals surface area contributed by atoms with E-state index in [-0.39, 0.29) is 17.2 Å². The second kappa shape index (κ2) is 5.26. The van der Waals surface area contributed by atoms with Crippen LogP contribution in [0.5, 0.6) is 0 Å². The maximum absolute atomic E-state index is 13.0. The number of methoxy groups -OCH3 is 1. The minimum Gasteiger partial charge on any atom is -0.378 e. The Labute approximate surface area is 110 Å². The molecule has 19 heavy (non-hydrogen) atoms. The molecule has 2 nitrogen and oxygen atoms in total. The molecule has 0 amide bonds. The van der Waals surface area contributed by atoms with Crippen molar-refractivity contribution in [3.05, 3.63) is 40.7 Å². The summed E-state index contributed by atoms with van der Waals surface area (Å²) in [7, 11) is 1.47. The van der Waals surface area contributed by atoms with Crippen LogP contribution in [-0.2, 0) is 17.5 Å². The molecule has 2 aromatic rings. The number of alkyl halides is 3. The molecule has 0 fully saturated rings. The van der Waals surface area contributed by atoms with Crippen LogP contribution in [0.3, 0.4) is 0 Å². The first-order valence-electron chi connectivity index (χ1n) is 5.22. The largest absolute Gasteiger partial charge is 0.417 e. The van der Waals surface area contributed by atoms with E-state index in [1.165, 1.54) is 7.11 Å². The molecule has 0 radical (unpaired) electrons. The number of aromatic nitrogens is 1. The van der Waals surface area contributed by atoms with Gasteiger partial charge in [-0.05, 0) is 18.2 Å². The smallest absolute Gasteiger partial charge is 0.378 e. The van der Waals surface area contributed by atoms with Gasteiger partial charge in [-0.1, -0.05) is 0 Å². The predicted octanol–water partition coefficient (Wildman–Crippen LogP) is 4.11. The molecule has 0 spiro atoms. The van der Waals surface area contributed by atoms with Crippen molar-refractivity contribution >= 4 is 11.3 Å². The van der Waals surface area contributed by atoms with E-state index in [2.05, 4.69) is 4.98 Å². The molecule has 0 unspecified atom stereocenters. The number of rotatable bonds is 3. The third-order valence-electron chi connectivity index (χ3n) is 2.36. The highest BCUT2D eigenvalue weighted by Crippen LogP contribution is 2.38. The second-order valence-corrected chi connectivity index (χ2v) is 4.62. The fraction of sp³-hybridized carbons (Fsp3) is 0.250. The van der Waals surface area contributed by atoms with Crippen molar-refractivity contribution in [2.24, 2.45) is 0 Å². The van der Waals surface area contributed by atoms with Crippen molar-refractivity contribution in [2.45, 2.75) is 12.8 Å². The first kappa shape index (κ1) is 14.0. The zero-order valence-corrected chi connectivity index (χ0v) is 10.6. The molecule has 0 bridgehead atoms. The quantitative estimate of drug-likeness (QED) is 0.794. The predicted molar refractivity (Wildman–Crippen MR) is 63.2 cm³/mol. The molecule has 0 atom stereocenters. The van der Waals surface area contributed by atoms with Crippen LogP contribution in [0.1, 0.15) is 11.3 Å². The summed E-state index contributed by atoms with van der Waals surface area (Å²) >= 11 is 1.07. The highest BCUT2D eigenvalue weighted by molar-refractivity contribution is 7.13. The lowest BCUT2D eigenvalue weighted by molar-refractivity contribution is -0.137. The van der Waals surface area contributed by atoms with Crippen LogP contribution >= 0.6 is 11.3 Å². The average Bonchev–Trinajstić information content (AvgIpc) is 2.77. The molecular weight excluding hydrogens is 282 g/mol. The summed E-state index contributed by atoms with van der Waals surface area (Å²) in [5.74, 6) is -0.926. The monoisotopic (exact) mass is 291 g/mol. The number of ether oxygens (including phenoxy) is 1. The first-order chi connectivity index (χ1) is 8.91. The Morgan fingerprint density at radius 1 is 1.32 bits per heavy atom. The summed E-state index contributed by atoms with van der Waals surface area (Å²) in [6.07, 6.45) is -4.62. The molecule has 0 saturated heterocycles. The summed E-state index contributed by atoms with van der Waals surface area (Å²) < 4.78 is 56.4. The van der Waals surface area contributed by atoms with Gasteiger partial charge in [-0.15, -0.1) is 11.3 Å². The van der Waals surface area contributed by atoms with Gasteiger partial charge in [0.15, 0.2) is 0 Å². The van der Waals surface area contributed by atoms with Crippen LogP contribution in [0.25, 0.3) is 10.6 Å². The number of thiazole rings is 1. The van der Waals surface area contributed by atoms with E-state index in [1.54, 1.807) is 5.38 Å². The van der Waals surface area contributed by atoms with Crippen LogP contribution in [0.4, 0.5) is 17.6 Å². The maximum Gasteiger partial charge on any atom is 0.417 e. The average molecular weight is 291 g/mol. The van der Waals surface area contributed by atoms with Gasteiger partial charge < -0.3 is 4.74 Å². The molecule has 1 aromatic carbocycles. The minimum absolute atomic E-state index is 0.124. The summed E-state index contributed by atoms with van der Waals surface area (Å²) in [5, 5.41) is 1.81. The van der Waals surface area contributed by atoms with Crippen LogP contribution in [0.15, 0.2) is 23.6 Å². The molecule has 2 rings (SSSR count). The molecule has 0 N–H and O–H groups in total. The van der Waals surface area contributed by atoms with E-state index >= 15 is 0 Å². The highest BCUT2D eigenvalue weighted by atomic mass is 32.1. The van der Waals surface area contributed by atoms with E-state index in [0.29, 0.717) is 11.8 Å². The topological polar surface area (TPSA) is 22.1 Å². The number of halogens is 4. The Morgan fingerprint density at radius 3 is 2.68 bits per heavy atom. The number of hydrogen-bond acceptors (Lipinski definition) is 3. The minimum atomic E-state index is -4.62. The molecule has 0 aliphatic carbocycles. The molecule has 1 aromatic heterocycles. The Morgan fingerprint density at radius 2 is 2.05 bits per heavy atom. The van der Waals surface area contributed by atoms with E-state index in [0.717, 1.165) is 23.5 Å². The molecule has 7 heteroatoms. The normalized spacial score (nSPS) is 11.8. The van der Waals surface area contributed by atoms with Crippen molar-refractivity contribution < 1.29 is 22.3 Å².